The molecule has 0 aliphatic carbocycles. The third-order valence-corrected chi connectivity index (χ3v) is 6.20. The van der Waals surface area contributed by atoms with E-state index in [1.165, 1.54) is 0 Å². The van der Waals surface area contributed by atoms with Crippen LogP contribution in [0.2, 0.25) is 0 Å². The Morgan fingerprint density at radius 2 is 1.05 bits per heavy atom. The van der Waals surface area contributed by atoms with Crippen LogP contribution in [0.5, 0.6) is 0 Å². The number of nitrogens with zero attached hydrogens (tertiary/aromatic N) is 2. The van der Waals surface area contributed by atoms with E-state index in [4.69, 9.17) is 0 Å². The zero-order valence-electron chi connectivity index (χ0n) is 14.1. The molecule has 2 atom stereocenters. The van der Waals surface area contributed by atoms with E-state index in [-0.39, 0.29) is 0 Å². The molecular formula is C14H30N2O4S2. The van der Waals surface area contributed by atoms with E-state index in [0.717, 1.165) is 39.0 Å². The summed E-state index contributed by atoms with van der Waals surface area (Å²) in [5.41, 5.74) is 0. The average Bonchev–Trinajstić information content (AvgIpc) is 2.34. The number of hydrogen-bond donors (Lipinski definition) is 2. The van der Waals surface area contributed by atoms with Gasteiger partial charge in [-0.2, -0.15) is 0 Å². The van der Waals surface area contributed by atoms with Gasteiger partial charge in [-0.15, -0.1) is 0 Å². The molecule has 0 saturated carbocycles. The van der Waals surface area contributed by atoms with Gasteiger partial charge in [0.25, 0.3) is 0 Å². The summed E-state index contributed by atoms with van der Waals surface area (Å²) in [6, 6.07) is 0. The normalized spacial score (nSPS) is 22.8. The first-order valence-corrected chi connectivity index (χ1v) is 9.92. The van der Waals surface area contributed by atoms with Gasteiger partial charge in [0.15, 0.2) is 22.2 Å². The summed E-state index contributed by atoms with van der Waals surface area (Å²) >= 11 is -3.65. The predicted molar refractivity (Wildman–Crippen MR) is 91.8 cm³/mol. The highest BCUT2D eigenvalue weighted by Crippen LogP contribution is 2.17. The van der Waals surface area contributed by atoms with Crippen molar-refractivity contribution in [3.05, 3.63) is 0 Å². The van der Waals surface area contributed by atoms with Crippen LogP contribution in [-0.2, 0) is 22.2 Å². The molecule has 1 rings (SSSR count). The first-order valence-electron chi connectivity index (χ1n) is 7.71. The first kappa shape index (κ1) is 20.2. The summed E-state index contributed by atoms with van der Waals surface area (Å²) < 4.78 is 40.1. The summed E-state index contributed by atoms with van der Waals surface area (Å²) in [5.74, 6) is 0. The molecule has 0 aromatic heterocycles. The summed E-state index contributed by atoms with van der Waals surface area (Å²) in [6.45, 7) is 12.0. The maximum absolute atomic E-state index is 11.3. The summed E-state index contributed by atoms with van der Waals surface area (Å²) in [5, 5.41) is 0. The first-order chi connectivity index (χ1) is 10.0. The van der Waals surface area contributed by atoms with Crippen LogP contribution in [0, 0.1) is 0 Å². The number of hydrogen-bond acceptors (Lipinski definition) is 4. The summed E-state index contributed by atoms with van der Waals surface area (Å²) in [6.07, 6.45) is 1.92. The van der Waals surface area contributed by atoms with Gasteiger partial charge in [-0.1, -0.05) is 0 Å². The van der Waals surface area contributed by atoms with E-state index in [2.05, 4.69) is 9.80 Å². The van der Waals surface area contributed by atoms with Gasteiger partial charge in [0.2, 0.25) is 0 Å². The molecule has 1 saturated heterocycles. The molecule has 2 N–H and O–H groups in total. The monoisotopic (exact) mass is 354 g/mol. The molecule has 132 valence electrons. The fourth-order valence-corrected chi connectivity index (χ4v) is 3.35. The SMILES string of the molecule is CC(C)(CN1CCCN(CC(C)(C)S(=O)O)CCC1)S(=O)O. The van der Waals surface area contributed by atoms with Gasteiger partial charge in [-0.3, -0.25) is 0 Å². The van der Waals surface area contributed by atoms with Crippen LogP contribution in [0.15, 0.2) is 0 Å². The van der Waals surface area contributed by atoms with Crippen molar-refractivity contribution in [1.82, 2.24) is 9.80 Å². The average molecular weight is 355 g/mol. The maximum atomic E-state index is 11.3. The molecule has 8 heteroatoms. The predicted octanol–water partition coefficient (Wildman–Crippen LogP) is 1.38. The van der Waals surface area contributed by atoms with Crippen molar-refractivity contribution >= 4 is 22.2 Å². The van der Waals surface area contributed by atoms with Crippen LogP contribution in [-0.4, -0.2) is 76.1 Å². The number of rotatable bonds is 6. The Balaban J connectivity index is 2.50. The lowest BCUT2D eigenvalue weighted by Crippen LogP contribution is -2.47. The Morgan fingerprint density at radius 1 is 0.773 bits per heavy atom. The zero-order valence-corrected chi connectivity index (χ0v) is 15.7. The van der Waals surface area contributed by atoms with E-state index in [9.17, 15) is 17.5 Å². The molecule has 1 heterocycles. The molecule has 1 aliphatic rings. The van der Waals surface area contributed by atoms with Crippen molar-refractivity contribution < 1.29 is 17.5 Å². The molecule has 6 nitrogen and oxygen atoms in total. The molecule has 1 aliphatic heterocycles. The minimum absolute atomic E-state index is 0.613. The fourth-order valence-electron chi connectivity index (χ4n) is 2.76. The maximum Gasteiger partial charge on any atom is 0.159 e. The molecule has 0 bridgehead atoms. The third-order valence-electron chi connectivity index (χ3n) is 4.05. The second-order valence-corrected chi connectivity index (χ2v) is 10.5. The van der Waals surface area contributed by atoms with Gasteiger partial charge in [-0.05, 0) is 66.7 Å². The second kappa shape index (κ2) is 8.30. The molecule has 22 heavy (non-hydrogen) atoms. The van der Waals surface area contributed by atoms with Gasteiger partial charge in [-0.25, -0.2) is 8.42 Å². The van der Waals surface area contributed by atoms with Crippen molar-refractivity contribution in [2.75, 3.05) is 39.3 Å². The Kier molecular flexibility index (Phi) is 7.62. The Labute approximate surface area is 139 Å². The summed E-state index contributed by atoms with van der Waals surface area (Å²) in [4.78, 5) is 4.50. The smallest absolute Gasteiger partial charge is 0.159 e. The largest absolute Gasteiger partial charge is 0.306 e. The lowest BCUT2D eigenvalue weighted by Gasteiger charge is -2.36. The van der Waals surface area contributed by atoms with Gasteiger partial charge in [0.05, 0.1) is 9.49 Å². The van der Waals surface area contributed by atoms with E-state index in [0.29, 0.717) is 13.1 Å². The molecule has 0 spiro atoms. The zero-order chi connectivity index (χ0) is 17.0. The lowest BCUT2D eigenvalue weighted by molar-refractivity contribution is 0.166. The van der Waals surface area contributed by atoms with Crippen molar-refractivity contribution in [3.63, 3.8) is 0 Å². The lowest BCUT2D eigenvalue weighted by atomic mass is 10.1. The highest BCUT2D eigenvalue weighted by Gasteiger charge is 2.30. The van der Waals surface area contributed by atoms with Crippen LogP contribution < -0.4 is 0 Å². The van der Waals surface area contributed by atoms with E-state index >= 15 is 0 Å². The molecule has 1 fully saturated rings. The van der Waals surface area contributed by atoms with Crippen LogP contribution in [0.4, 0.5) is 0 Å². The van der Waals surface area contributed by atoms with Crippen LogP contribution in [0.3, 0.4) is 0 Å². The van der Waals surface area contributed by atoms with E-state index in [1.54, 1.807) is 0 Å². The molecule has 0 aromatic rings. The minimum Gasteiger partial charge on any atom is -0.306 e. The topological polar surface area (TPSA) is 81.1 Å². The van der Waals surface area contributed by atoms with Gasteiger partial charge in [0.1, 0.15) is 0 Å². The molecule has 2 unspecified atom stereocenters. The standard InChI is InChI=1S/C14H30N2O4S2/c1-13(2,21(17)18)11-15-7-5-9-16(10-6-8-15)12-14(3,4)22(19)20/h5-12H2,1-4H3,(H,17,18)(H,19,20). The molecule has 0 aromatic carbocycles. The van der Waals surface area contributed by atoms with Crippen molar-refractivity contribution in [1.29, 1.82) is 0 Å². The Morgan fingerprint density at radius 3 is 1.27 bits per heavy atom. The third kappa shape index (κ3) is 6.33. The van der Waals surface area contributed by atoms with Gasteiger partial charge >= 0.3 is 0 Å². The fraction of sp³-hybridized carbons (Fsp3) is 1.00. The van der Waals surface area contributed by atoms with Crippen LogP contribution in [0.25, 0.3) is 0 Å². The van der Waals surface area contributed by atoms with Crippen LogP contribution in [0.1, 0.15) is 40.5 Å². The Bertz CT molecular complexity index is 370. The second-order valence-electron chi connectivity index (χ2n) is 7.28. The minimum atomic E-state index is -1.83. The van der Waals surface area contributed by atoms with E-state index < -0.39 is 31.7 Å². The quantitative estimate of drug-likeness (QED) is 0.702. The molecular weight excluding hydrogens is 324 g/mol. The van der Waals surface area contributed by atoms with Crippen molar-refractivity contribution in [2.24, 2.45) is 0 Å². The molecule has 0 amide bonds. The van der Waals surface area contributed by atoms with Crippen LogP contribution >= 0.6 is 0 Å². The highest BCUT2D eigenvalue weighted by atomic mass is 32.2. The summed E-state index contributed by atoms with van der Waals surface area (Å²) in [7, 11) is 0. The Hall–Kier alpha value is 0.140. The van der Waals surface area contributed by atoms with Gasteiger partial charge < -0.3 is 18.9 Å². The van der Waals surface area contributed by atoms with Gasteiger partial charge in [0, 0.05) is 13.1 Å². The molecule has 0 radical (unpaired) electrons. The highest BCUT2D eigenvalue weighted by molar-refractivity contribution is 7.81. The van der Waals surface area contributed by atoms with Crippen molar-refractivity contribution in [3.8, 4) is 0 Å². The van der Waals surface area contributed by atoms with E-state index in [1.807, 2.05) is 27.7 Å². The van der Waals surface area contributed by atoms with Crippen molar-refractivity contribution in [2.45, 2.75) is 50.0 Å².